The monoisotopic (exact) mass is 273 g/mol. The molecule has 2 N–H and O–H groups in total. The summed E-state index contributed by atoms with van der Waals surface area (Å²) in [4.78, 5) is 36.1. The van der Waals surface area contributed by atoms with Gasteiger partial charge in [-0.2, -0.15) is 0 Å². The van der Waals surface area contributed by atoms with Crippen LogP contribution in [-0.4, -0.2) is 18.7 Å². The topological polar surface area (TPSA) is 99.6 Å². The number of rotatable bonds is 1. The fraction of sp³-hybridized carbons (Fsp3) is 0.214. The predicted octanol–water partition coefficient (Wildman–Crippen LogP) is 1.38. The summed E-state index contributed by atoms with van der Waals surface area (Å²) in [7, 11) is 1.40. The SMILES string of the molecule is COc1c(N)c(C)c2c3c(C)c(c(=O)oc13)C(=O)C2=O. The largest absolute Gasteiger partial charge is 0.491 e. The summed E-state index contributed by atoms with van der Waals surface area (Å²) < 4.78 is 10.3. The molecule has 0 fully saturated rings. The molecule has 1 aromatic heterocycles. The van der Waals surface area contributed by atoms with E-state index in [0.717, 1.165) is 0 Å². The maximum absolute atomic E-state index is 12.2. The van der Waals surface area contributed by atoms with Gasteiger partial charge in [0.1, 0.15) is 5.56 Å². The first-order valence-electron chi connectivity index (χ1n) is 5.92. The Balaban J connectivity index is 2.74. The molecule has 1 aliphatic rings. The van der Waals surface area contributed by atoms with E-state index in [4.69, 9.17) is 14.9 Å². The van der Waals surface area contributed by atoms with Gasteiger partial charge in [-0.25, -0.2) is 4.79 Å². The molecule has 6 heteroatoms. The lowest BCUT2D eigenvalue weighted by molar-refractivity contribution is 0.0812. The van der Waals surface area contributed by atoms with Crippen LogP contribution in [0.1, 0.15) is 31.8 Å². The quantitative estimate of drug-likeness (QED) is 0.478. The second kappa shape index (κ2) is 3.69. The lowest BCUT2D eigenvalue weighted by Gasteiger charge is -2.20. The minimum atomic E-state index is -0.849. The van der Waals surface area contributed by atoms with Gasteiger partial charge in [-0.3, -0.25) is 9.59 Å². The van der Waals surface area contributed by atoms with Crippen LogP contribution in [0.15, 0.2) is 9.21 Å². The van der Waals surface area contributed by atoms with E-state index in [0.29, 0.717) is 16.5 Å². The molecule has 0 amide bonds. The Morgan fingerprint density at radius 3 is 2.20 bits per heavy atom. The molecule has 0 atom stereocenters. The van der Waals surface area contributed by atoms with Crippen LogP contribution in [0.25, 0.3) is 11.0 Å². The van der Waals surface area contributed by atoms with Gasteiger partial charge in [0.15, 0.2) is 11.3 Å². The van der Waals surface area contributed by atoms with Gasteiger partial charge < -0.3 is 14.9 Å². The Kier molecular flexibility index (Phi) is 2.29. The van der Waals surface area contributed by atoms with Crippen LogP contribution in [0.3, 0.4) is 0 Å². The first-order chi connectivity index (χ1) is 9.40. The van der Waals surface area contributed by atoms with Gasteiger partial charge in [-0.05, 0) is 25.0 Å². The van der Waals surface area contributed by atoms with Crippen LogP contribution in [0, 0.1) is 13.8 Å². The van der Waals surface area contributed by atoms with Crippen LogP contribution >= 0.6 is 0 Å². The van der Waals surface area contributed by atoms with Crippen molar-refractivity contribution in [2.45, 2.75) is 13.8 Å². The number of ether oxygens (including phenoxy) is 1. The van der Waals surface area contributed by atoms with Crippen LogP contribution in [0.4, 0.5) is 5.69 Å². The highest BCUT2D eigenvalue weighted by Gasteiger charge is 2.36. The first-order valence-corrected chi connectivity index (χ1v) is 5.92. The molecule has 2 bridgehead atoms. The standard InChI is InChI=1S/C14H11NO5/c1-4-7-6-5(2)9(15)13(19-3)12(7)20-14(18)8(4)11(17)10(6)16/h15H2,1-3H3. The third-order valence-corrected chi connectivity index (χ3v) is 3.72. The zero-order valence-corrected chi connectivity index (χ0v) is 11.1. The Labute approximate surface area is 113 Å². The number of carbonyl (C=O) groups is 2. The fourth-order valence-electron chi connectivity index (χ4n) is 2.70. The number of methoxy groups -OCH3 is 1. The van der Waals surface area contributed by atoms with Crippen molar-refractivity contribution in [1.82, 2.24) is 0 Å². The molecule has 0 spiro atoms. The van der Waals surface area contributed by atoms with Gasteiger partial charge in [-0.1, -0.05) is 0 Å². The zero-order chi connectivity index (χ0) is 14.8. The van der Waals surface area contributed by atoms with E-state index in [9.17, 15) is 14.4 Å². The summed E-state index contributed by atoms with van der Waals surface area (Å²) in [6.45, 7) is 3.24. The van der Waals surface area contributed by atoms with Gasteiger partial charge in [0.2, 0.25) is 11.6 Å². The molecule has 0 unspecified atom stereocenters. The van der Waals surface area contributed by atoms with Gasteiger partial charge in [0.05, 0.1) is 12.8 Å². The summed E-state index contributed by atoms with van der Waals surface area (Å²) >= 11 is 0. The maximum Gasteiger partial charge on any atom is 0.348 e. The summed E-state index contributed by atoms with van der Waals surface area (Å²) in [6, 6.07) is 0. The molecule has 1 heterocycles. The van der Waals surface area contributed by atoms with Crippen molar-refractivity contribution in [3.8, 4) is 5.75 Å². The van der Waals surface area contributed by atoms with E-state index in [1.807, 2.05) is 0 Å². The van der Waals surface area contributed by atoms with Crippen molar-refractivity contribution in [2.75, 3.05) is 12.8 Å². The Morgan fingerprint density at radius 2 is 1.60 bits per heavy atom. The van der Waals surface area contributed by atoms with Gasteiger partial charge in [0, 0.05) is 10.9 Å². The summed E-state index contributed by atoms with van der Waals surface area (Å²) in [5.41, 5.74) is 6.23. The number of ketones is 2. The normalized spacial score (nSPS) is 13.3. The molecule has 2 aromatic rings. The predicted molar refractivity (Wildman–Crippen MR) is 71.6 cm³/mol. The second-order valence-corrected chi connectivity index (χ2v) is 4.70. The number of anilines is 1. The molecule has 0 saturated carbocycles. The van der Waals surface area contributed by atoms with Crippen molar-refractivity contribution < 1.29 is 18.7 Å². The number of nitrogens with two attached hydrogens (primary N) is 1. The van der Waals surface area contributed by atoms with E-state index in [-0.39, 0.29) is 28.1 Å². The number of carbonyl (C=O) groups excluding carboxylic acids is 2. The molecular weight excluding hydrogens is 262 g/mol. The highest BCUT2D eigenvalue weighted by molar-refractivity contribution is 6.53. The van der Waals surface area contributed by atoms with Crippen LogP contribution in [-0.2, 0) is 0 Å². The number of hydrogen-bond acceptors (Lipinski definition) is 6. The number of nitrogen functional groups attached to an aromatic ring is 1. The van der Waals surface area contributed by atoms with Crippen LogP contribution < -0.4 is 16.1 Å². The van der Waals surface area contributed by atoms with E-state index in [2.05, 4.69) is 0 Å². The molecular formula is C14H11NO5. The highest BCUT2D eigenvalue weighted by atomic mass is 16.5. The Hall–Kier alpha value is -2.63. The average molecular weight is 273 g/mol. The molecule has 1 aromatic carbocycles. The third-order valence-electron chi connectivity index (χ3n) is 3.72. The number of fused-ring (bicyclic) bond motifs is 1. The van der Waals surface area contributed by atoms with Crippen LogP contribution in [0.2, 0.25) is 0 Å². The third kappa shape index (κ3) is 1.20. The van der Waals surface area contributed by atoms with Crippen molar-refractivity contribution in [3.05, 3.63) is 32.7 Å². The minimum Gasteiger partial charge on any atom is -0.491 e. The molecule has 3 rings (SSSR count). The molecule has 6 nitrogen and oxygen atoms in total. The van der Waals surface area contributed by atoms with E-state index in [1.54, 1.807) is 13.8 Å². The van der Waals surface area contributed by atoms with Crippen molar-refractivity contribution >= 4 is 28.2 Å². The smallest absolute Gasteiger partial charge is 0.348 e. The van der Waals surface area contributed by atoms with E-state index >= 15 is 0 Å². The summed E-state index contributed by atoms with van der Waals surface area (Å²) in [6.07, 6.45) is 0. The summed E-state index contributed by atoms with van der Waals surface area (Å²) in [5.74, 6) is -1.38. The van der Waals surface area contributed by atoms with E-state index in [1.165, 1.54) is 7.11 Å². The molecule has 20 heavy (non-hydrogen) atoms. The minimum absolute atomic E-state index is 0.109. The van der Waals surface area contributed by atoms with E-state index < -0.39 is 17.2 Å². The average Bonchev–Trinajstić information content (AvgIpc) is 2.39. The van der Waals surface area contributed by atoms with Crippen LogP contribution in [0.5, 0.6) is 5.75 Å². The molecule has 102 valence electrons. The number of aryl methyl sites for hydroxylation is 1. The zero-order valence-electron chi connectivity index (χ0n) is 11.1. The lowest BCUT2D eigenvalue weighted by atomic mass is 9.85. The van der Waals surface area contributed by atoms with Crippen molar-refractivity contribution in [2.24, 2.45) is 0 Å². The van der Waals surface area contributed by atoms with Gasteiger partial charge in [-0.15, -0.1) is 0 Å². The van der Waals surface area contributed by atoms with Gasteiger partial charge >= 0.3 is 5.63 Å². The fourth-order valence-corrected chi connectivity index (χ4v) is 2.70. The lowest BCUT2D eigenvalue weighted by Crippen LogP contribution is -2.29. The second-order valence-electron chi connectivity index (χ2n) is 4.70. The number of benzene rings is 1. The highest BCUT2D eigenvalue weighted by Crippen LogP contribution is 2.41. The van der Waals surface area contributed by atoms with Crippen molar-refractivity contribution in [1.29, 1.82) is 0 Å². The van der Waals surface area contributed by atoms with Gasteiger partial charge in [0.25, 0.3) is 0 Å². The Bertz CT molecular complexity index is 876. The summed E-state index contributed by atoms with van der Waals surface area (Å²) in [5, 5.41) is 0.424. The molecule has 0 aliphatic heterocycles. The molecule has 0 radical (unpaired) electrons. The number of hydrogen-bond donors (Lipinski definition) is 1. The Morgan fingerprint density at radius 1 is 1.00 bits per heavy atom. The molecule has 1 aliphatic carbocycles. The van der Waals surface area contributed by atoms with Crippen molar-refractivity contribution in [3.63, 3.8) is 0 Å². The number of Topliss-reactive ketones (excluding diaryl/α,β-unsaturated/α-hetero) is 2. The maximum atomic E-state index is 12.2. The molecule has 0 saturated heterocycles. The first kappa shape index (κ1) is 12.4.